The second-order valence-electron chi connectivity index (χ2n) is 5.79. The molecule has 0 aliphatic heterocycles. The topological polar surface area (TPSA) is 72.9 Å². The number of nitrogens with zero attached hydrogens (tertiary/aromatic N) is 1. The van der Waals surface area contributed by atoms with Gasteiger partial charge in [0.05, 0.1) is 17.7 Å². The molecule has 0 aliphatic rings. The fourth-order valence-electron chi connectivity index (χ4n) is 2.30. The van der Waals surface area contributed by atoms with Gasteiger partial charge in [0.1, 0.15) is 10.6 Å². The zero-order chi connectivity index (χ0) is 19.6. The van der Waals surface area contributed by atoms with Crippen LogP contribution in [-0.2, 0) is 14.9 Å². The van der Waals surface area contributed by atoms with Crippen molar-refractivity contribution in [1.82, 2.24) is 4.47 Å². The molecule has 0 N–H and O–H groups in total. The number of hydrogen-bond acceptors (Lipinski definition) is 5. The molecule has 2 aromatic rings. The van der Waals surface area contributed by atoms with E-state index >= 15 is 0 Å². The molecule has 0 aliphatic carbocycles. The van der Waals surface area contributed by atoms with E-state index in [1.54, 1.807) is 0 Å². The molecule has 0 saturated heterocycles. The number of esters is 1. The number of benzene rings is 2. The molecule has 0 bridgehead atoms. The van der Waals surface area contributed by atoms with Gasteiger partial charge < -0.3 is 4.74 Å². The molecule has 0 unspecified atom stereocenters. The molecule has 2 aromatic carbocycles. The van der Waals surface area contributed by atoms with Crippen molar-refractivity contribution in [2.45, 2.75) is 25.7 Å². The van der Waals surface area contributed by atoms with Gasteiger partial charge in [0, 0.05) is 7.05 Å². The lowest BCUT2D eigenvalue weighted by Gasteiger charge is -2.16. The number of aryl methyl sites for hydroxylation is 2. The average Bonchev–Trinajstić information content (AvgIpc) is 2.61. The van der Waals surface area contributed by atoms with Crippen LogP contribution in [0.15, 0.2) is 35.2 Å². The lowest BCUT2D eigenvalue weighted by atomic mass is 10.1. The van der Waals surface area contributed by atoms with Crippen molar-refractivity contribution in [3.63, 3.8) is 0 Å². The molecule has 0 heterocycles. The highest BCUT2D eigenvalue weighted by Gasteiger charge is 2.26. The predicted molar refractivity (Wildman–Crippen MR) is 99.0 cm³/mol. The average molecular weight is 398 g/mol. The zero-order valence-corrected chi connectivity index (χ0v) is 16.7. The van der Waals surface area contributed by atoms with Gasteiger partial charge in [-0.15, -0.1) is 0 Å². The van der Waals surface area contributed by atoms with Crippen molar-refractivity contribution in [3.8, 4) is 5.75 Å². The Hall–Kier alpha value is -1.93. The highest BCUT2D eigenvalue weighted by atomic mass is 35.5. The second-order valence-corrected chi connectivity index (χ2v) is 8.10. The van der Waals surface area contributed by atoms with Gasteiger partial charge in [-0.25, -0.2) is 13.2 Å². The van der Waals surface area contributed by atoms with E-state index < -0.39 is 16.0 Å². The van der Waals surface area contributed by atoms with Gasteiger partial charge in [0.25, 0.3) is 10.0 Å². The quantitative estimate of drug-likeness (QED) is 0.437. The van der Waals surface area contributed by atoms with Gasteiger partial charge in [-0.2, -0.15) is 0 Å². The minimum atomic E-state index is -4.00. The Morgan fingerprint density at radius 3 is 2.31 bits per heavy atom. The lowest BCUT2D eigenvalue weighted by molar-refractivity contribution is -0.0258. The van der Waals surface area contributed by atoms with Crippen molar-refractivity contribution in [3.05, 3.63) is 57.6 Å². The second kappa shape index (κ2) is 7.75. The van der Waals surface area contributed by atoms with E-state index in [1.807, 2.05) is 32.9 Å². The highest BCUT2D eigenvalue weighted by Crippen LogP contribution is 2.29. The Bertz CT molecular complexity index is 956. The van der Waals surface area contributed by atoms with E-state index in [-0.39, 0.29) is 15.5 Å². The highest BCUT2D eigenvalue weighted by molar-refractivity contribution is 7.89. The maximum atomic E-state index is 12.6. The van der Waals surface area contributed by atoms with Crippen molar-refractivity contribution in [1.29, 1.82) is 0 Å². The molecule has 0 radical (unpaired) electrons. The molecule has 26 heavy (non-hydrogen) atoms. The Labute approximate surface area is 158 Å². The van der Waals surface area contributed by atoms with E-state index in [0.717, 1.165) is 16.7 Å². The van der Waals surface area contributed by atoms with Crippen LogP contribution in [0.25, 0.3) is 0 Å². The van der Waals surface area contributed by atoms with Crippen LogP contribution in [0.4, 0.5) is 0 Å². The number of hydrogen-bond donors (Lipinski definition) is 0. The molecule has 8 heteroatoms. The number of sulfonamides is 1. The van der Waals surface area contributed by atoms with Crippen LogP contribution in [-0.4, -0.2) is 33.0 Å². The number of carbonyl (C=O) groups is 1. The maximum absolute atomic E-state index is 12.6. The van der Waals surface area contributed by atoms with E-state index in [9.17, 15) is 13.2 Å². The summed E-state index contributed by atoms with van der Waals surface area (Å²) < 4.78 is 31.0. The molecular weight excluding hydrogens is 378 g/mol. The van der Waals surface area contributed by atoms with Gasteiger partial charge in [-0.1, -0.05) is 28.2 Å². The molecule has 6 nitrogen and oxygen atoms in total. The first kappa shape index (κ1) is 20.4. The Kier molecular flexibility index (Phi) is 6.08. The van der Waals surface area contributed by atoms with Crippen molar-refractivity contribution in [2.75, 3.05) is 14.2 Å². The Morgan fingerprint density at radius 1 is 1.08 bits per heavy atom. The van der Waals surface area contributed by atoms with Gasteiger partial charge in [-0.3, -0.25) is 4.84 Å². The molecule has 2 rings (SSSR count). The van der Waals surface area contributed by atoms with Crippen LogP contribution in [0.3, 0.4) is 0 Å². The Balaban J connectivity index is 2.44. The third-order valence-corrected chi connectivity index (χ3v) is 6.27. The molecule has 0 fully saturated rings. The summed E-state index contributed by atoms with van der Waals surface area (Å²) in [5, 5.41) is -0.0200. The number of ether oxygens (including phenoxy) is 1. The number of halogens is 1. The fourth-order valence-corrected chi connectivity index (χ4v) is 3.77. The van der Waals surface area contributed by atoms with E-state index in [2.05, 4.69) is 0 Å². The molecule has 0 atom stereocenters. The third-order valence-electron chi connectivity index (χ3n) is 4.11. The molecule has 0 spiro atoms. The minimum absolute atomic E-state index is 0.0200. The SMILES string of the molecule is CON(C)S(=O)(=O)c1cc(C(=O)Oc2c(C)ccc(C)c2C)ccc1Cl. The summed E-state index contributed by atoms with van der Waals surface area (Å²) >= 11 is 6.00. The zero-order valence-electron chi connectivity index (χ0n) is 15.2. The summed E-state index contributed by atoms with van der Waals surface area (Å²) in [6.07, 6.45) is 0. The molecule has 140 valence electrons. The predicted octanol–water partition coefficient (Wildman–Crippen LogP) is 3.67. The van der Waals surface area contributed by atoms with Gasteiger partial charge in [0.15, 0.2) is 0 Å². The van der Waals surface area contributed by atoms with Crippen LogP contribution in [0.1, 0.15) is 27.0 Å². The van der Waals surface area contributed by atoms with Crippen LogP contribution >= 0.6 is 11.6 Å². The number of rotatable bonds is 5. The van der Waals surface area contributed by atoms with Crippen LogP contribution < -0.4 is 4.74 Å². The lowest BCUT2D eigenvalue weighted by Crippen LogP contribution is -2.26. The molecule has 0 saturated carbocycles. The third kappa shape index (κ3) is 3.91. The van der Waals surface area contributed by atoms with Crippen molar-refractivity contribution < 1.29 is 22.8 Å². The van der Waals surface area contributed by atoms with Crippen molar-refractivity contribution >= 4 is 27.6 Å². The molecule has 0 aromatic heterocycles. The van der Waals surface area contributed by atoms with Gasteiger partial charge in [-0.05, 0) is 55.7 Å². The monoisotopic (exact) mass is 397 g/mol. The van der Waals surface area contributed by atoms with E-state index in [1.165, 1.54) is 32.4 Å². The smallest absolute Gasteiger partial charge is 0.343 e. The van der Waals surface area contributed by atoms with Crippen molar-refractivity contribution in [2.24, 2.45) is 0 Å². The molecular formula is C18H20ClNO5S. The number of hydroxylamine groups is 1. The first-order valence-corrected chi connectivity index (χ1v) is 9.53. The fraction of sp³-hybridized carbons (Fsp3) is 0.278. The van der Waals surface area contributed by atoms with Crippen LogP contribution in [0.5, 0.6) is 5.75 Å². The van der Waals surface area contributed by atoms with Crippen LogP contribution in [0, 0.1) is 20.8 Å². The van der Waals surface area contributed by atoms with Gasteiger partial charge in [0.2, 0.25) is 0 Å². The minimum Gasteiger partial charge on any atom is -0.422 e. The summed E-state index contributed by atoms with van der Waals surface area (Å²) in [6, 6.07) is 7.73. The summed E-state index contributed by atoms with van der Waals surface area (Å²) in [5.74, 6) is -0.210. The summed E-state index contributed by atoms with van der Waals surface area (Å²) in [7, 11) is -1.55. The summed E-state index contributed by atoms with van der Waals surface area (Å²) in [4.78, 5) is 17.1. The number of carbonyl (C=O) groups excluding carboxylic acids is 1. The summed E-state index contributed by atoms with van der Waals surface area (Å²) in [5.41, 5.74) is 2.71. The molecule has 0 amide bonds. The van der Waals surface area contributed by atoms with Gasteiger partial charge >= 0.3 is 5.97 Å². The largest absolute Gasteiger partial charge is 0.422 e. The summed E-state index contributed by atoms with van der Waals surface area (Å²) in [6.45, 7) is 5.61. The maximum Gasteiger partial charge on any atom is 0.343 e. The normalized spacial score (nSPS) is 11.7. The standard InChI is InChI=1S/C18H20ClNO5S/c1-11-6-7-12(2)17(13(11)3)25-18(21)14-8-9-15(19)16(10-14)26(22,23)20(4)24-5/h6-10H,1-5H3. The Morgan fingerprint density at radius 2 is 1.69 bits per heavy atom. The first-order chi connectivity index (χ1) is 12.1. The van der Waals surface area contributed by atoms with E-state index in [4.69, 9.17) is 21.2 Å². The van der Waals surface area contributed by atoms with E-state index in [0.29, 0.717) is 10.2 Å². The van der Waals surface area contributed by atoms with Crippen LogP contribution in [0.2, 0.25) is 5.02 Å². The first-order valence-electron chi connectivity index (χ1n) is 7.71.